The Morgan fingerprint density at radius 1 is 1.05 bits per heavy atom. The maximum atomic E-state index is 12.4. The van der Waals surface area contributed by atoms with Gasteiger partial charge in [0, 0.05) is 32.4 Å². The van der Waals surface area contributed by atoms with Crippen LogP contribution in [0.4, 0.5) is 0 Å². The van der Waals surface area contributed by atoms with Crippen LogP contribution >= 0.6 is 0 Å². The van der Waals surface area contributed by atoms with E-state index in [1.165, 1.54) is 0 Å². The maximum absolute atomic E-state index is 12.4. The number of amides is 1. The van der Waals surface area contributed by atoms with E-state index in [0.29, 0.717) is 17.7 Å². The number of carbonyl (C=O) groups excluding carboxylic acids is 2. The molecule has 0 bridgehead atoms. The largest absolute Gasteiger partial charge is 0.348 e. The Balaban J connectivity index is 2.25. The summed E-state index contributed by atoms with van der Waals surface area (Å²) in [5, 5.41) is 0. The lowest BCUT2D eigenvalue weighted by Crippen LogP contribution is -2.24. The van der Waals surface area contributed by atoms with E-state index in [0.717, 1.165) is 5.69 Å². The van der Waals surface area contributed by atoms with Crippen LogP contribution in [0, 0.1) is 0 Å². The molecule has 0 N–H and O–H groups in total. The van der Waals surface area contributed by atoms with Crippen molar-refractivity contribution in [1.82, 2.24) is 9.47 Å². The first-order valence-corrected chi connectivity index (χ1v) is 6.45. The molecule has 1 amide bonds. The van der Waals surface area contributed by atoms with Crippen LogP contribution in [-0.4, -0.2) is 35.3 Å². The van der Waals surface area contributed by atoms with E-state index in [-0.39, 0.29) is 11.7 Å². The van der Waals surface area contributed by atoms with E-state index in [2.05, 4.69) is 0 Å². The van der Waals surface area contributed by atoms with Crippen molar-refractivity contribution in [2.24, 2.45) is 7.05 Å². The van der Waals surface area contributed by atoms with Gasteiger partial charge in [-0.2, -0.15) is 0 Å². The lowest BCUT2D eigenvalue weighted by molar-refractivity contribution is -0.128. The molecular formula is C16H18N2O2. The van der Waals surface area contributed by atoms with E-state index >= 15 is 0 Å². The fraction of sp³-hybridized carbons (Fsp3) is 0.250. The van der Waals surface area contributed by atoms with Crippen molar-refractivity contribution in [3.63, 3.8) is 0 Å². The summed E-state index contributed by atoms with van der Waals surface area (Å²) in [6.45, 7) is 0. The first-order valence-electron chi connectivity index (χ1n) is 6.45. The van der Waals surface area contributed by atoms with Gasteiger partial charge in [0.15, 0.2) is 0 Å². The Bertz CT molecular complexity index is 627. The molecule has 20 heavy (non-hydrogen) atoms. The van der Waals surface area contributed by atoms with Crippen LogP contribution in [0.3, 0.4) is 0 Å². The second kappa shape index (κ2) is 5.74. The minimum Gasteiger partial charge on any atom is -0.348 e. The zero-order chi connectivity index (χ0) is 14.7. The van der Waals surface area contributed by atoms with Gasteiger partial charge < -0.3 is 9.47 Å². The summed E-state index contributed by atoms with van der Waals surface area (Å²) < 4.78 is 1.79. The molecule has 0 aliphatic carbocycles. The molecule has 0 radical (unpaired) electrons. The summed E-state index contributed by atoms with van der Waals surface area (Å²) in [7, 11) is 5.26. The monoisotopic (exact) mass is 270 g/mol. The quantitative estimate of drug-likeness (QED) is 0.796. The van der Waals surface area contributed by atoms with Gasteiger partial charge in [-0.15, -0.1) is 0 Å². The lowest BCUT2D eigenvalue weighted by Gasteiger charge is -2.11. The molecule has 104 valence electrons. The van der Waals surface area contributed by atoms with Gasteiger partial charge in [-0.05, 0) is 12.1 Å². The van der Waals surface area contributed by atoms with E-state index in [9.17, 15) is 9.59 Å². The van der Waals surface area contributed by atoms with Crippen LogP contribution in [0.5, 0.6) is 0 Å². The minimum absolute atomic E-state index is 0.0184. The van der Waals surface area contributed by atoms with Crippen molar-refractivity contribution < 1.29 is 9.59 Å². The van der Waals surface area contributed by atoms with Gasteiger partial charge in [0.2, 0.25) is 11.7 Å². The molecule has 0 saturated heterocycles. The molecular weight excluding hydrogens is 252 g/mol. The molecule has 4 nitrogen and oxygen atoms in total. The van der Waals surface area contributed by atoms with Crippen molar-refractivity contribution in [1.29, 1.82) is 0 Å². The molecule has 0 spiro atoms. The molecule has 0 fully saturated rings. The normalized spacial score (nSPS) is 10.3. The van der Waals surface area contributed by atoms with Crippen molar-refractivity contribution in [3.05, 3.63) is 59.4 Å². The summed E-state index contributed by atoms with van der Waals surface area (Å²) in [6, 6.07) is 12.7. The third-order valence-corrected chi connectivity index (χ3v) is 3.33. The van der Waals surface area contributed by atoms with Gasteiger partial charge in [0.05, 0.1) is 12.1 Å². The van der Waals surface area contributed by atoms with Crippen LogP contribution in [-0.2, 0) is 18.3 Å². The molecule has 1 aromatic carbocycles. The van der Waals surface area contributed by atoms with Crippen LogP contribution in [0.1, 0.15) is 21.7 Å². The number of nitrogens with zero attached hydrogens (tertiary/aromatic N) is 2. The molecule has 4 heteroatoms. The molecule has 0 atom stereocenters. The highest BCUT2D eigenvalue weighted by Gasteiger charge is 2.16. The number of hydrogen-bond acceptors (Lipinski definition) is 2. The molecule has 2 rings (SSSR count). The summed E-state index contributed by atoms with van der Waals surface area (Å²) in [5.41, 5.74) is 2.08. The van der Waals surface area contributed by atoms with E-state index in [4.69, 9.17) is 0 Å². The minimum atomic E-state index is -0.0309. The Hall–Kier alpha value is -2.36. The summed E-state index contributed by atoms with van der Waals surface area (Å²) in [6.07, 6.45) is 0.297. The highest BCUT2D eigenvalue weighted by atomic mass is 16.2. The predicted molar refractivity (Wildman–Crippen MR) is 77.7 cm³/mol. The number of ketones is 1. The molecule has 0 saturated carbocycles. The zero-order valence-corrected chi connectivity index (χ0v) is 12.0. The average molecular weight is 270 g/mol. The Morgan fingerprint density at radius 3 is 2.30 bits per heavy atom. The highest BCUT2D eigenvalue weighted by molar-refractivity contribution is 6.08. The third-order valence-electron chi connectivity index (χ3n) is 3.33. The van der Waals surface area contributed by atoms with Gasteiger partial charge in [0.25, 0.3) is 0 Å². The second-order valence-electron chi connectivity index (χ2n) is 4.93. The summed E-state index contributed by atoms with van der Waals surface area (Å²) in [5.74, 6) is -0.0124. The van der Waals surface area contributed by atoms with Crippen LogP contribution in [0.25, 0.3) is 0 Å². The first-order chi connectivity index (χ1) is 9.50. The molecule has 0 aliphatic rings. The topological polar surface area (TPSA) is 42.3 Å². The number of benzene rings is 1. The van der Waals surface area contributed by atoms with Crippen molar-refractivity contribution in [2.75, 3.05) is 14.1 Å². The molecule has 1 aromatic heterocycles. The van der Waals surface area contributed by atoms with E-state index < -0.39 is 0 Å². The van der Waals surface area contributed by atoms with Gasteiger partial charge in [-0.25, -0.2) is 0 Å². The van der Waals surface area contributed by atoms with Gasteiger partial charge in [-0.3, -0.25) is 9.59 Å². The molecule has 2 aromatic rings. The Labute approximate surface area is 118 Å². The number of aromatic nitrogens is 1. The highest BCUT2D eigenvalue weighted by Crippen LogP contribution is 2.14. The number of carbonyl (C=O) groups is 2. The fourth-order valence-corrected chi connectivity index (χ4v) is 2.01. The van der Waals surface area contributed by atoms with Crippen LogP contribution in [0.2, 0.25) is 0 Å². The average Bonchev–Trinajstić information content (AvgIpc) is 2.80. The number of hydrogen-bond donors (Lipinski definition) is 0. The van der Waals surface area contributed by atoms with Crippen molar-refractivity contribution in [3.8, 4) is 0 Å². The Kier molecular flexibility index (Phi) is 4.03. The number of likely N-dealkylation sites (N-methyl/N-ethyl adjacent to an activating group) is 1. The summed E-state index contributed by atoms with van der Waals surface area (Å²) in [4.78, 5) is 25.7. The second-order valence-corrected chi connectivity index (χ2v) is 4.93. The van der Waals surface area contributed by atoms with Crippen LogP contribution < -0.4 is 0 Å². The summed E-state index contributed by atoms with van der Waals surface area (Å²) >= 11 is 0. The van der Waals surface area contributed by atoms with Gasteiger partial charge >= 0.3 is 0 Å². The lowest BCUT2D eigenvalue weighted by atomic mass is 10.1. The van der Waals surface area contributed by atoms with Gasteiger partial charge in [0.1, 0.15) is 0 Å². The molecule has 0 unspecified atom stereocenters. The maximum Gasteiger partial charge on any atom is 0.227 e. The SMILES string of the molecule is CN(C)C(=O)Cc1ccc(C(=O)c2ccccc2)n1C. The van der Waals surface area contributed by atoms with Gasteiger partial charge in [-0.1, -0.05) is 30.3 Å². The fourth-order valence-electron chi connectivity index (χ4n) is 2.01. The molecule has 1 heterocycles. The first kappa shape index (κ1) is 14.1. The van der Waals surface area contributed by atoms with Crippen LogP contribution in [0.15, 0.2) is 42.5 Å². The van der Waals surface area contributed by atoms with Crippen molar-refractivity contribution >= 4 is 11.7 Å². The van der Waals surface area contributed by atoms with E-state index in [1.54, 1.807) is 41.8 Å². The standard InChI is InChI=1S/C16H18N2O2/c1-17(2)15(19)11-13-9-10-14(18(13)3)16(20)12-7-5-4-6-8-12/h4-10H,11H2,1-3H3. The molecule has 0 aliphatic heterocycles. The number of rotatable bonds is 4. The zero-order valence-electron chi connectivity index (χ0n) is 12.0. The van der Waals surface area contributed by atoms with Crippen molar-refractivity contribution in [2.45, 2.75) is 6.42 Å². The smallest absolute Gasteiger partial charge is 0.227 e. The van der Waals surface area contributed by atoms with E-state index in [1.807, 2.05) is 31.3 Å². The predicted octanol–water partition coefficient (Wildman–Crippen LogP) is 1.89. The third kappa shape index (κ3) is 2.79. The Morgan fingerprint density at radius 2 is 1.70 bits per heavy atom.